The molecule has 0 aromatic heterocycles. The third-order valence-electron chi connectivity index (χ3n) is 9.75. The number of amides is 2. The molecule has 0 saturated heterocycles. The zero-order chi connectivity index (χ0) is 66.7. The van der Waals surface area contributed by atoms with E-state index in [0.29, 0.717) is 85.6 Å². The van der Waals surface area contributed by atoms with E-state index >= 15 is 0 Å². The quantitative estimate of drug-likeness (QED) is 0.0120. The summed E-state index contributed by atoms with van der Waals surface area (Å²) in [4.78, 5) is 32.8. The number of hydrogen-bond acceptors (Lipinski definition) is 21. The number of carbonyl (C=O) groups is 3. The molecular weight excluding hydrogens is 1420 g/mol. The highest BCUT2D eigenvalue weighted by atomic mass is 79.9. The number of aliphatic hydroxyl groups excluding tert-OH is 3. The fourth-order valence-corrected chi connectivity index (χ4v) is 6.72. The van der Waals surface area contributed by atoms with Crippen molar-refractivity contribution in [2.45, 2.75) is 96.9 Å². The molecule has 0 saturated carbocycles. The Morgan fingerprint density at radius 3 is 1.04 bits per heavy atom. The van der Waals surface area contributed by atoms with Crippen LogP contribution in [0.1, 0.15) is 93.7 Å². The summed E-state index contributed by atoms with van der Waals surface area (Å²) in [6, 6.07) is 28.4. The van der Waals surface area contributed by atoms with Crippen LogP contribution in [-0.2, 0) is 116 Å². The van der Waals surface area contributed by atoms with Gasteiger partial charge in [-0.15, -0.1) is 34.8 Å². The molecule has 0 heterocycles. The van der Waals surface area contributed by atoms with Crippen LogP contribution < -0.4 is 22.1 Å². The topological polar surface area (TPSA) is 271 Å². The lowest BCUT2D eigenvalue weighted by Gasteiger charge is -2.08. The molecule has 520 valence electrons. The minimum atomic E-state index is -0.770. The first kappa shape index (κ1) is 101. The molecule has 3 rings (SSSR count). The predicted molar refractivity (Wildman–Crippen MR) is 386 cm³/mol. The van der Waals surface area contributed by atoms with Crippen LogP contribution in [0, 0.1) is 0 Å². The maximum Gasteiger partial charge on any atom is 0.407 e. The van der Waals surface area contributed by atoms with Crippen LogP contribution >= 0.6 is 75.8 Å². The van der Waals surface area contributed by atoms with E-state index in [2.05, 4.69) is 76.1 Å². The molecule has 19 nitrogen and oxygen atoms in total. The predicted octanol–water partition coefficient (Wildman–Crippen LogP) is 10.9. The molecule has 89 heavy (non-hydrogen) atoms. The molecule has 0 aliphatic rings. The molecule has 0 spiro atoms. The van der Waals surface area contributed by atoms with Gasteiger partial charge in [-0.1, -0.05) is 145 Å². The van der Waals surface area contributed by atoms with Crippen LogP contribution in [0.2, 0.25) is 0 Å². The van der Waals surface area contributed by atoms with Gasteiger partial charge in [0, 0.05) is 135 Å². The van der Waals surface area contributed by atoms with E-state index < -0.39 is 17.6 Å². The van der Waals surface area contributed by atoms with E-state index in [1.54, 1.807) is 0 Å². The number of benzene rings is 3. The number of rotatable bonds is 43. The maximum atomic E-state index is 11.5. The number of nitrogens with two attached hydrogens (primary N) is 2. The van der Waals surface area contributed by atoms with E-state index in [1.807, 2.05) is 91.0 Å². The van der Waals surface area contributed by atoms with Gasteiger partial charge in [0.1, 0.15) is 19.8 Å². The lowest BCUT2D eigenvalue weighted by molar-refractivity contribution is 0.0467. The minimum Gasteiger partial charge on any atom is -0.449 e. The van der Waals surface area contributed by atoms with Gasteiger partial charge in [-0.2, -0.15) is 13.5 Å². The van der Waals surface area contributed by atoms with Gasteiger partial charge in [0.05, 0.1) is 79.3 Å². The van der Waals surface area contributed by atoms with Gasteiger partial charge in [0.25, 0.3) is 0 Å². The van der Waals surface area contributed by atoms with Crippen molar-refractivity contribution in [3.05, 3.63) is 108 Å². The molecule has 9 N–H and O–H groups in total. The number of unbranched alkanes of at least 4 members (excludes halogenated alkanes) is 9. The fraction of sp³-hybridized carbons (Fsp3) is 0.644. The third kappa shape index (κ3) is 100. The van der Waals surface area contributed by atoms with Crippen LogP contribution in [-0.4, -0.2) is 182 Å². The molecule has 0 atom stereocenters. The highest BCUT2D eigenvalue weighted by Crippen LogP contribution is 2.05. The maximum absolute atomic E-state index is 11.5. The molecule has 0 fully saturated rings. The molecule has 0 unspecified atom stereocenters. The number of nitrogens with one attached hydrogen (secondary N) is 2. The van der Waals surface area contributed by atoms with Gasteiger partial charge in [0.15, 0.2) is 0 Å². The Hall–Kier alpha value is -1.68. The summed E-state index contributed by atoms with van der Waals surface area (Å²) in [5, 5.41) is 29.9. The van der Waals surface area contributed by atoms with E-state index in [1.165, 1.54) is 38.5 Å². The van der Waals surface area contributed by atoms with Gasteiger partial charge in [0.2, 0.25) is 0 Å². The van der Waals surface area contributed by atoms with Crippen molar-refractivity contribution in [3.63, 3.8) is 0 Å². The Bertz CT molecular complexity index is 1820. The Kier molecular flexibility index (Phi) is 110. The normalized spacial score (nSPS) is 9.43. The van der Waals surface area contributed by atoms with Crippen molar-refractivity contribution in [2.24, 2.45) is 11.5 Å². The monoisotopic (exact) mass is 1520 g/mol. The lowest BCUT2D eigenvalue weighted by Crippen LogP contribution is -2.28. The summed E-state index contributed by atoms with van der Waals surface area (Å²) in [6.45, 7) is 9.41. The van der Waals surface area contributed by atoms with Crippen molar-refractivity contribution >= 4 is 147 Å². The van der Waals surface area contributed by atoms with Crippen molar-refractivity contribution in [1.29, 1.82) is 0 Å². The van der Waals surface area contributed by atoms with Crippen LogP contribution in [0.3, 0.4) is 0 Å². The molecule has 0 bridgehead atoms. The average Bonchev–Trinajstić information content (AvgIpc) is 3.59. The molecule has 3 aromatic carbocycles. The molecule has 3 aromatic rings. The lowest BCUT2D eigenvalue weighted by atomic mass is 10.2. The Labute approximate surface area is 590 Å². The summed E-state index contributed by atoms with van der Waals surface area (Å²) in [6.07, 6.45) is 13.3. The standard InChI is InChI=1S/C18H28ClNO4.C12H17NO4.C10H22ClNO2.C8H7ClO2.C6H12BrCl.C4H11NO2.CH4O.S3.S2.H2S/c19-10-6-1-2-7-12-22-14-15-23-13-11-20-18(21)24-16-17-8-4-3-5-9-17;14-7-9-16-8-6-13-12(15)17-10-11-4-2-1-3-5-11;11-5-3-1-2-4-7-13-9-10-14-8-6-12;9-8(10)11-6-7-4-2-1-3-5-7;7-5-3-1-2-4-6-8;5-1-3-7-4-2-6;1-2;1-3-2;1-2;/h3-5,8-9H,1-2,6-7,10-16H2,(H,20,21);1-5,14H,6-10H2,(H,13,15);1-10,12H2;1-5H,6H2;1-6H2;6H,1-5H2;2H,1H3;;;1H2. The second-order valence-electron chi connectivity index (χ2n) is 16.8. The van der Waals surface area contributed by atoms with Crippen molar-refractivity contribution in [3.8, 4) is 0 Å². The van der Waals surface area contributed by atoms with Crippen LogP contribution in [0.25, 0.3) is 0 Å². The van der Waals surface area contributed by atoms with Gasteiger partial charge in [-0.25, -0.2) is 14.4 Å². The summed E-state index contributed by atoms with van der Waals surface area (Å²) in [5.74, 6) is 2.33. The molecule has 30 heteroatoms. The van der Waals surface area contributed by atoms with Gasteiger partial charge < -0.3 is 80.1 Å². The highest BCUT2D eigenvalue weighted by molar-refractivity contribution is 9.09. The van der Waals surface area contributed by atoms with Crippen LogP contribution in [0.4, 0.5) is 14.4 Å². The van der Waals surface area contributed by atoms with E-state index in [9.17, 15) is 14.4 Å². The number of alkyl halides is 4. The summed E-state index contributed by atoms with van der Waals surface area (Å²) < 4.78 is 45.7. The molecule has 0 radical (unpaired) electrons. The fourth-order valence-electron chi connectivity index (χ4n) is 5.70. The van der Waals surface area contributed by atoms with Crippen molar-refractivity contribution < 1.29 is 72.3 Å². The number of ether oxygens (including phenoxy) is 9. The van der Waals surface area contributed by atoms with E-state index in [0.717, 1.165) is 107 Å². The number of carbonyl (C=O) groups excluding carboxylic acids is 3. The molecular formula is C59H103BrCl4N4O15S6. The van der Waals surface area contributed by atoms with Crippen LogP contribution in [0.5, 0.6) is 0 Å². The Morgan fingerprint density at radius 2 is 0.742 bits per heavy atom. The van der Waals surface area contributed by atoms with Crippen molar-refractivity contribution in [1.82, 2.24) is 10.6 Å². The molecule has 0 aliphatic carbocycles. The minimum absolute atomic E-state index is 0. The molecule has 0 aliphatic heterocycles. The van der Waals surface area contributed by atoms with Gasteiger partial charge in [-0.3, -0.25) is 0 Å². The zero-order valence-electron chi connectivity index (χ0n) is 51.6. The zero-order valence-corrected chi connectivity index (χ0v) is 61.3. The van der Waals surface area contributed by atoms with Crippen LogP contribution in [0.15, 0.2) is 91.0 Å². The summed E-state index contributed by atoms with van der Waals surface area (Å²) >= 11 is 40.5. The van der Waals surface area contributed by atoms with E-state index in [4.69, 9.17) is 111 Å². The average molecular weight is 1520 g/mol. The Balaban J connectivity index is -0.000000185. The highest BCUT2D eigenvalue weighted by Gasteiger charge is 2.03. The summed E-state index contributed by atoms with van der Waals surface area (Å²) in [5.41, 5.74) is 12.4. The smallest absolute Gasteiger partial charge is 0.407 e. The van der Waals surface area contributed by atoms with Gasteiger partial charge in [-0.05, 0) is 55.2 Å². The first-order valence-corrected chi connectivity index (χ1v) is 35.8. The van der Waals surface area contributed by atoms with Gasteiger partial charge >= 0.3 is 17.6 Å². The Morgan fingerprint density at radius 1 is 0.461 bits per heavy atom. The number of aliphatic hydroxyl groups is 3. The second kappa shape index (κ2) is 97.4. The second-order valence-corrected chi connectivity index (χ2v) is 20.8. The summed E-state index contributed by atoms with van der Waals surface area (Å²) in [7, 11) is 1.92. The first-order valence-electron chi connectivity index (χ1n) is 28.7. The molecule has 2 amide bonds. The SMILES string of the molecule is CO.ClCCCCCCBr.NCCOCCO.NCCOCCOCCCCCCCl.O=C(Cl)OCc1ccccc1.O=C(NCCOCCO)OCc1ccccc1.O=C(NCCOCCOCCCCCCCl)OCc1ccccc1.S.S=S.S=S=S. The first-order chi connectivity index (χ1) is 43.1. The van der Waals surface area contributed by atoms with Crippen molar-refractivity contribution in [2.75, 3.05) is 149 Å². The largest absolute Gasteiger partial charge is 0.449 e. The number of halogens is 5. The van der Waals surface area contributed by atoms with E-state index in [-0.39, 0.29) is 53.1 Å². The number of alkyl carbamates (subject to hydrolysis) is 2. The number of hydrogen-bond donors (Lipinski definition) is 7. The third-order valence-corrected chi connectivity index (χ3v) is 11.2.